The van der Waals surface area contributed by atoms with E-state index in [9.17, 15) is 36.3 Å². The van der Waals surface area contributed by atoms with Crippen LogP contribution in [0.25, 0.3) is 0 Å². The summed E-state index contributed by atoms with van der Waals surface area (Å²) >= 11 is 0. The Morgan fingerprint density at radius 1 is 0.983 bits per heavy atom. The maximum absolute atomic E-state index is 15.3. The van der Waals surface area contributed by atoms with E-state index >= 15 is 8.78 Å². The standard InChI is InChI=1S/C39H45F5N8O5S/c1-38(55)11-2-12-52(21-38)35-29(39(42,43)44)17-45-37(48-35)46-32-7-4-24(16-31(32)41)58(56,57)49-34-27-19-50(20-28(27)34)18-22-9-13-51(14-10-22)23-3-5-25(30(40)15-23)26-6-8-33(53)47-36(26)54/h3-5,7,15-17,22,26-28,34,49,55H,2,6,8-14,18-21H2,1H3,(H,45,46,48)(H,47,53,54)/t26?,27-,28+,34?,38-/m0/s1. The highest BCUT2D eigenvalue weighted by atomic mass is 32.2. The van der Waals surface area contributed by atoms with Crippen molar-refractivity contribution in [1.29, 1.82) is 0 Å². The van der Waals surface area contributed by atoms with Gasteiger partial charge in [0.25, 0.3) is 0 Å². The van der Waals surface area contributed by atoms with Gasteiger partial charge in [0, 0.05) is 75.7 Å². The molecule has 2 aromatic carbocycles. The van der Waals surface area contributed by atoms with E-state index in [2.05, 4.69) is 35.1 Å². The largest absolute Gasteiger partial charge is 0.421 e. The minimum atomic E-state index is -4.77. The van der Waals surface area contributed by atoms with Crippen LogP contribution in [0, 0.1) is 29.4 Å². The van der Waals surface area contributed by atoms with E-state index in [0.717, 1.165) is 57.3 Å². The molecule has 58 heavy (non-hydrogen) atoms. The fraction of sp³-hybridized carbons (Fsp3) is 0.538. The number of fused-ring (bicyclic) bond motifs is 1. The molecule has 2 unspecified atom stereocenters. The maximum atomic E-state index is 15.3. The molecule has 5 fully saturated rings. The Morgan fingerprint density at radius 2 is 1.72 bits per heavy atom. The van der Waals surface area contributed by atoms with Gasteiger partial charge in [0.1, 0.15) is 23.0 Å². The molecule has 5 atom stereocenters. The van der Waals surface area contributed by atoms with Crippen LogP contribution in [0.4, 0.5) is 45.1 Å². The van der Waals surface area contributed by atoms with Crippen LogP contribution in [0.5, 0.6) is 0 Å². The second-order valence-electron chi connectivity index (χ2n) is 16.6. The fourth-order valence-electron chi connectivity index (χ4n) is 9.07. The van der Waals surface area contributed by atoms with Gasteiger partial charge in [-0.2, -0.15) is 18.2 Å². The Labute approximate surface area is 332 Å². The number of nitrogens with one attached hydrogen (secondary N) is 3. The number of carbonyl (C=O) groups is 2. The van der Waals surface area contributed by atoms with E-state index in [1.165, 1.54) is 30.0 Å². The van der Waals surface area contributed by atoms with Gasteiger partial charge in [-0.15, -0.1) is 0 Å². The molecule has 8 rings (SSSR count). The Kier molecular flexibility index (Phi) is 10.6. The summed E-state index contributed by atoms with van der Waals surface area (Å²) in [5.41, 5.74) is -1.49. The van der Waals surface area contributed by atoms with E-state index in [0.29, 0.717) is 30.5 Å². The number of amides is 2. The van der Waals surface area contributed by atoms with Crippen molar-refractivity contribution in [2.45, 2.75) is 74.1 Å². The average molecular weight is 833 g/mol. The number of benzene rings is 2. The molecule has 1 saturated carbocycles. The number of piperidine rings is 4. The smallest absolute Gasteiger partial charge is 0.388 e. The van der Waals surface area contributed by atoms with E-state index in [4.69, 9.17) is 0 Å². The number of β-amino-alcohol motifs (C(OH)–C–C–N with tert-alkyl or cyclic N) is 1. The van der Waals surface area contributed by atoms with Gasteiger partial charge in [-0.3, -0.25) is 14.9 Å². The fourth-order valence-corrected chi connectivity index (χ4v) is 10.4. The molecule has 5 aliphatic rings. The first-order valence-electron chi connectivity index (χ1n) is 19.5. The first-order valence-corrected chi connectivity index (χ1v) is 21.0. The molecule has 1 aromatic heterocycles. The minimum absolute atomic E-state index is 0.0836. The van der Waals surface area contributed by atoms with Crippen LogP contribution in [0.1, 0.15) is 62.5 Å². The highest BCUT2D eigenvalue weighted by Gasteiger charge is 2.57. The van der Waals surface area contributed by atoms with Gasteiger partial charge in [0.2, 0.25) is 27.8 Å². The van der Waals surface area contributed by atoms with Crippen LogP contribution in [-0.2, 0) is 25.8 Å². The normalized spacial score (nSPS) is 27.1. The van der Waals surface area contributed by atoms with Gasteiger partial charge in [-0.25, -0.2) is 26.9 Å². The Balaban J connectivity index is 0.820. The van der Waals surface area contributed by atoms with Crippen LogP contribution in [-0.4, -0.2) is 97.7 Å². The molecule has 4 N–H and O–H groups in total. The number of aliphatic hydroxyl groups is 1. The second kappa shape index (κ2) is 15.3. The quantitative estimate of drug-likeness (QED) is 0.168. The number of anilines is 4. The van der Waals surface area contributed by atoms with Gasteiger partial charge in [0.05, 0.1) is 22.1 Å². The van der Waals surface area contributed by atoms with Crippen molar-refractivity contribution in [3.05, 3.63) is 65.4 Å². The van der Waals surface area contributed by atoms with Crippen molar-refractivity contribution in [3.8, 4) is 0 Å². The molecule has 2 amide bonds. The summed E-state index contributed by atoms with van der Waals surface area (Å²) in [7, 11) is -4.09. The third kappa shape index (κ3) is 8.49. The van der Waals surface area contributed by atoms with Crippen molar-refractivity contribution in [3.63, 3.8) is 0 Å². The summed E-state index contributed by atoms with van der Waals surface area (Å²) in [5.74, 6) is -3.01. The van der Waals surface area contributed by atoms with Crippen LogP contribution >= 0.6 is 0 Å². The number of rotatable bonds is 10. The number of carbonyl (C=O) groups excluding carboxylic acids is 2. The SMILES string of the molecule is C[C@]1(O)CCCN(c2nc(Nc3ccc(S(=O)(=O)NC4[C@H]5CN(CC6CCN(c7ccc(C8CCC(=O)NC8=O)c(F)c7)CC6)C[C@@H]45)cc3F)ncc2C(F)(F)F)C1. The van der Waals surface area contributed by atoms with Gasteiger partial charge >= 0.3 is 6.18 Å². The summed E-state index contributed by atoms with van der Waals surface area (Å²) in [4.78, 5) is 37.0. The molecule has 312 valence electrons. The van der Waals surface area contributed by atoms with Crippen LogP contribution in [0.3, 0.4) is 0 Å². The van der Waals surface area contributed by atoms with E-state index in [1.807, 2.05) is 6.07 Å². The molecule has 1 aliphatic carbocycles. The molecule has 0 radical (unpaired) electrons. The summed E-state index contributed by atoms with van der Waals surface area (Å²) in [6.07, 6.45) is -1.04. The number of imide groups is 1. The highest BCUT2D eigenvalue weighted by Crippen LogP contribution is 2.47. The number of aromatic nitrogens is 2. The van der Waals surface area contributed by atoms with Crippen LogP contribution < -0.4 is 25.2 Å². The number of likely N-dealkylation sites (tertiary alicyclic amines) is 1. The summed E-state index contributed by atoms with van der Waals surface area (Å²) in [6, 6.07) is 7.87. The van der Waals surface area contributed by atoms with Crippen molar-refractivity contribution < 1.29 is 45.1 Å². The molecular weight excluding hydrogens is 788 g/mol. The second-order valence-corrected chi connectivity index (χ2v) is 18.3. The molecule has 4 saturated heterocycles. The zero-order chi connectivity index (χ0) is 41.1. The van der Waals surface area contributed by atoms with Crippen molar-refractivity contribution in [2.75, 3.05) is 60.9 Å². The number of alkyl halides is 3. The molecule has 19 heteroatoms. The average Bonchev–Trinajstić information content (AvgIpc) is 3.57. The first-order chi connectivity index (χ1) is 27.4. The Hall–Kier alpha value is -4.46. The number of nitrogens with zero attached hydrogens (tertiary/aromatic N) is 5. The summed E-state index contributed by atoms with van der Waals surface area (Å²) in [6.45, 7) is 5.49. The number of halogens is 5. The molecule has 3 aromatic rings. The number of hydrogen-bond donors (Lipinski definition) is 4. The van der Waals surface area contributed by atoms with E-state index in [-0.39, 0.29) is 66.2 Å². The molecule has 13 nitrogen and oxygen atoms in total. The van der Waals surface area contributed by atoms with Crippen molar-refractivity contribution in [1.82, 2.24) is 24.9 Å². The predicted octanol–water partition coefficient (Wildman–Crippen LogP) is 4.51. The topological polar surface area (TPSA) is 160 Å². The summed E-state index contributed by atoms with van der Waals surface area (Å²) < 4.78 is 101. The van der Waals surface area contributed by atoms with Crippen molar-refractivity contribution >= 4 is 45.0 Å². The van der Waals surface area contributed by atoms with Crippen molar-refractivity contribution in [2.24, 2.45) is 17.8 Å². The molecule has 5 heterocycles. The molecular formula is C39H45F5N8O5S. The lowest BCUT2D eigenvalue weighted by Gasteiger charge is -2.38. The Bertz CT molecular complexity index is 2190. The number of sulfonamides is 1. The van der Waals surface area contributed by atoms with Gasteiger partial charge in [-0.05, 0) is 87.1 Å². The highest BCUT2D eigenvalue weighted by molar-refractivity contribution is 7.89. The molecule has 0 bridgehead atoms. The third-order valence-electron chi connectivity index (χ3n) is 12.2. The monoisotopic (exact) mass is 832 g/mol. The lowest BCUT2D eigenvalue weighted by atomic mass is 9.89. The zero-order valence-corrected chi connectivity index (χ0v) is 32.6. The first kappa shape index (κ1) is 40.3. The van der Waals surface area contributed by atoms with E-state index in [1.54, 1.807) is 6.07 Å². The maximum Gasteiger partial charge on any atom is 0.421 e. The van der Waals surface area contributed by atoms with Gasteiger partial charge in [-0.1, -0.05) is 6.07 Å². The van der Waals surface area contributed by atoms with E-state index < -0.39 is 56.6 Å². The summed E-state index contributed by atoms with van der Waals surface area (Å²) in [5, 5.41) is 15.3. The van der Waals surface area contributed by atoms with Gasteiger partial charge in [0.15, 0.2) is 0 Å². The number of hydrogen-bond acceptors (Lipinski definition) is 11. The predicted molar refractivity (Wildman–Crippen MR) is 203 cm³/mol. The lowest BCUT2D eigenvalue weighted by molar-refractivity contribution is -0.138. The lowest BCUT2D eigenvalue weighted by Crippen LogP contribution is -2.47. The van der Waals surface area contributed by atoms with Gasteiger partial charge < -0.3 is 25.1 Å². The van der Waals surface area contributed by atoms with Crippen LogP contribution in [0.15, 0.2) is 47.5 Å². The molecule has 4 aliphatic heterocycles. The zero-order valence-electron chi connectivity index (χ0n) is 31.7. The third-order valence-corrected chi connectivity index (χ3v) is 13.7. The molecule has 0 spiro atoms. The minimum Gasteiger partial charge on any atom is -0.388 e. The Morgan fingerprint density at radius 3 is 2.38 bits per heavy atom. The van der Waals surface area contributed by atoms with Crippen LogP contribution in [0.2, 0.25) is 0 Å².